The number of hydrogen-bond acceptors (Lipinski definition) is 1. The van der Waals surface area contributed by atoms with Gasteiger partial charge in [0.1, 0.15) is 0 Å². The van der Waals surface area contributed by atoms with E-state index in [1.807, 2.05) is 0 Å². The molecule has 0 saturated heterocycles. The Balaban J connectivity index is 1.72. The summed E-state index contributed by atoms with van der Waals surface area (Å²) in [7, 11) is 2.25. The highest BCUT2D eigenvalue weighted by Crippen LogP contribution is 2.40. The second kappa shape index (κ2) is 5.22. The van der Waals surface area contributed by atoms with Crippen molar-refractivity contribution in [2.24, 2.45) is 0 Å². The molecular weight excluding hydrogens is 292 g/mol. The molecule has 0 radical (unpaired) electrons. The monoisotopic (exact) mass is 316 g/mol. The minimum atomic E-state index is 0.597. The molecular formula is C22H24N2. The van der Waals surface area contributed by atoms with E-state index in [1.54, 1.807) is 16.8 Å². The Morgan fingerprint density at radius 2 is 1.92 bits per heavy atom. The number of nitrogens with zero attached hydrogens (tertiary/aromatic N) is 2. The lowest BCUT2D eigenvalue weighted by Crippen LogP contribution is -2.28. The summed E-state index contributed by atoms with van der Waals surface area (Å²) in [4.78, 5) is 2.46. The molecule has 0 spiro atoms. The third kappa shape index (κ3) is 2.06. The van der Waals surface area contributed by atoms with Crippen molar-refractivity contribution >= 4 is 10.9 Å². The Hall–Kier alpha value is -2.06. The number of fused-ring (bicyclic) bond motifs is 3. The Bertz CT molecular complexity index is 920. The fraction of sp³-hybridized carbons (Fsp3) is 0.364. The summed E-state index contributed by atoms with van der Waals surface area (Å²) in [6, 6.07) is 15.9. The highest BCUT2D eigenvalue weighted by molar-refractivity contribution is 5.90. The lowest BCUT2D eigenvalue weighted by atomic mass is 9.88. The van der Waals surface area contributed by atoms with Crippen molar-refractivity contribution in [2.75, 3.05) is 13.6 Å². The number of hydrogen-bond donors (Lipinski definition) is 0. The van der Waals surface area contributed by atoms with Crippen LogP contribution in [0.2, 0.25) is 0 Å². The summed E-state index contributed by atoms with van der Waals surface area (Å²) in [6.07, 6.45) is 2.35. The van der Waals surface area contributed by atoms with Crippen molar-refractivity contribution in [1.82, 2.24) is 9.47 Å². The molecule has 0 saturated carbocycles. The molecule has 1 aromatic heterocycles. The van der Waals surface area contributed by atoms with E-state index in [0.29, 0.717) is 5.92 Å². The normalized spacial score (nSPS) is 20.3. The Kier molecular flexibility index (Phi) is 3.11. The van der Waals surface area contributed by atoms with Crippen LogP contribution in [0.25, 0.3) is 10.9 Å². The van der Waals surface area contributed by atoms with Crippen molar-refractivity contribution in [3.8, 4) is 0 Å². The highest BCUT2D eigenvalue weighted by Gasteiger charge is 2.29. The quantitative estimate of drug-likeness (QED) is 0.650. The zero-order chi connectivity index (χ0) is 16.3. The van der Waals surface area contributed by atoms with Crippen molar-refractivity contribution in [1.29, 1.82) is 0 Å². The van der Waals surface area contributed by atoms with Crippen LogP contribution in [0, 0.1) is 6.92 Å². The Morgan fingerprint density at radius 3 is 2.75 bits per heavy atom. The van der Waals surface area contributed by atoms with Gasteiger partial charge in [-0.3, -0.25) is 0 Å². The Labute approximate surface area is 143 Å². The second-order valence-electron chi connectivity index (χ2n) is 7.66. The average Bonchev–Trinajstić information content (AvgIpc) is 2.90. The van der Waals surface area contributed by atoms with Crippen LogP contribution < -0.4 is 0 Å². The smallest absolute Gasteiger partial charge is 0.0519 e. The molecule has 24 heavy (non-hydrogen) atoms. The molecule has 0 fully saturated rings. The van der Waals surface area contributed by atoms with Gasteiger partial charge >= 0.3 is 0 Å². The molecule has 2 aromatic carbocycles. The largest absolute Gasteiger partial charge is 0.343 e. The van der Waals surface area contributed by atoms with E-state index >= 15 is 0 Å². The highest BCUT2D eigenvalue weighted by atomic mass is 15.1. The van der Waals surface area contributed by atoms with Crippen molar-refractivity contribution < 1.29 is 0 Å². The molecule has 2 aliphatic rings. The lowest BCUT2D eigenvalue weighted by molar-refractivity contribution is 0.308. The zero-order valence-electron chi connectivity index (χ0n) is 14.5. The zero-order valence-corrected chi connectivity index (χ0v) is 14.5. The first-order chi connectivity index (χ1) is 11.7. The predicted octanol–water partition coefficient (Wildman–Crippen LogP) is 4.28. The standard InChI is InChI=1S/C22H24N2/c1-15-10-17-12-18(16-6-4-3-5-7-16)13-24-21-8-9-23(2)14-20(21)19(11-15)22(17)24/h3-7,10-11,18H,8-9,12-14H2,1-2H3. The van der Waals surface area contributed by atoms with Gasteiger partial charge in [-0.25, -0.2) is 0 Å². The van der Waals surface area contributed by atoms with Gasteiger partial charge in [-0.1, -0.05) is 42.0 Å². The lowest BCUT2D eigenvalue weighted by Gasteiger charge is -2.28. The Morgan fingerprint density at radius 1 is 1.08 bits per heavy atom. The first kappa shape index (κ1) is 14.3. The van der Waals surface area contributed by atoms with E-state index in [4.69, 9.17) is 0 Å². The third-order valence-electron chi connectivity index (χ3n) is 5.90. The molecule has 3 heterocycles. The predicted molar refractivity (Wildman–Crippen MR) is 99.6 cm³/mol. The van der Waals surface area contributed by atoms with Gasteiger partial charge < -0.3 is 9.47 Å². The van der Waals surface area contributed by atoms with Gasteiger partial charge in [-0.15, -0.1) is 0 Å². The fourth-order valence-electron chi connectivity index (χ4n) is 4.82. The molecule has 2 aliphatic heterocycles. The molecule has 2 heteroatoms. The molecule has 0 bridgehead atoms. The summed E-state index contributed by atoms with van der Waals surface area (Å²) in [5.41, 5.74) is 9.12. The van der Waals surface area contributed by atoms with Crippen LogP contribution in [0.15, 0.2) is 42.5 Å². The van der Waals surface area contributed by atoms with Crippen molar-refractivity contribution in [2.45, 2.75) is 38.8 Å². The van der Waals surface area contributed by atoms with Crippen LogP contribution >= 0.6 is 0 Å². The maximum absolute atomic E-state index is 2.66. The minimum Gasteiger partial charge on any atom is -0.343 e. The molecule has 2 nitrogen and oxygen atoms in total. The number of aromatic nitrogens is 1. The molecule has 122 valence electrons. The third-order valence-corrected chi connectivity index (χ3v) is 5.90. The van der Waals surface area contributed by atoms with Crippen LogP contribution in [0.4, 0.5) is 0 Å². The van der Waals surface area contributed by atoms with Gasteiger partial charge in [-0.2, -0.15) is 0 Å². The molecule has 5 rings (SSSR count). The number of rotatable bonds is 1. The van der Waals surface area contributed by atoms with Gasteiger partial charge in [0, 0.05) is 43.1 Å². The average molecular weight is 316 g/mol. The summed E-state index contributed by atoms with van der Waals surface area (Å²) in [5.74, 6) is 0.597. The minimum absolute atomic E-state index is 0.597. The molecule has 0 N–H and O–H groups in total. The van der Waals surface area contributed by atoms with Crippen LogP contribution in [0.1, 0.15) is 33.9 Å². The van der Waals surface area contributed by atoms with E-state index in [-0.39, 0.29) is 0 Å². The summed E-state index contributed by atoms with van der Waals surface area (Å²) < 4.78 is 2.66. The first-order valence-electron chi connectivity index (χ1n) is 9.07. The van der Waals surface area contributed by atoms with E-state index in [9.17, 15) is 0 Å². The molecule has 1 atom stereocenters. The molecule has 3 aromatic rings. The van der Waals surface area contributed by atoms with Crippen LogP contribution in [-0.4, -0.2) is 23.1 Å². The maximum atomic E-state index is 2.66. The number of likely N-dealkylation sites (N-methyl/N-ethyl adjacent to an activating group) is 1. The summed E-state index contributed by atoms with van der Waals surface area (Å²) in [5, 5.41) is 1.51. The molecule has 0 amide bonds. The summed E-state index contributed by atoms with van der Waals surface area (Å²) in [6.45, 7) is 5.65. The van der Waals surface area contributed by atoms with Crippen molar-refractivity contribution in [3.63, 3.8) is 0 Å². The second-order valence-corrected chi connectivity index (χ2v) is 7.66. The van der Waals surface area contributed by atoms with Gasteiger partial charge in [0.05, 0.1) is 5.52 Å². The SMILES string of the molecule is Cc1cc2c3c(c1)c1c(n3CC(c3ccccc3)C2)CCN(C)C1. The van der Waals surface area contributed by atoms with E-state index in [1.165, 1.54) is 41.4 Å². The van der Waals surface area contributed by atoms with Gasteiger partial charge in [0.15, 0.2) is 0 Å². The summed E-state index contributed by atoms with van der Waals surface area (Å²) >= 11 is 0. The topological polar surface area (TPSA) is 8.17 Å². The number of aryl methyl sites for hydroxylation is 1. The van der Waals surface area contributed by atoms with Gasteiger partial charge in [0.25, 0.3) is 0 Å². The maximum Gasteiger partial charge on any atom is 0.0519 e. The fourth-order valence-corrected chi connectivity index (χ4v) is 4.82. The van der Waals surface area contributed by atoms with Crippen LogP contribution in [0.3, 0.4) is 0 Å². The van der Waals surface area contributed by atoms with Crippen molar-refractivity contribution in [3.05, 3.63) is 70.4 Å². The van der Waals surface area contributed by atoms with Gasteiger partial charge in [0.2, 0.25) is 0 Å². The van der Waals surface area contributed by atoms with E-state index < -0.39 is 0 Å². The van der Waals surface area contributed by atoms with E-state index in [0.717, 1.165) is 13.1 Å². The van der Waals surface area contributed by atoms with Gasteiger partial charge in [-0.05, 0) is 43.1 Å². The van der Waals surface area contributed by atoms with Crippen LogP contribution in [-0.2, 0) is 25.9 Å². The van der Waals surface area contributed by atoms with E-state index in [2.05, 4.69) is 65.9 Å². The molecule has 1 unspecified atom stereocenters. The first-order valence-corrected chi connectivity index (χ1v) is 9.07. The number of benzene rings is 2. The molecule has 0 aliphatic carbocycles. The van der Waals surface area contributed by atoms with Crippen LogP contribution in [0.5, 0.6) is 0 Å².